The van der Waals surface area contributed by atoms with E-state index in [9.17, 15) is 9.90 Å². The van der Waals surface area contributed by atoms with Crippen LogP contribution in [0.3, 0.4) is 0 Å². The van der Waals surface area contributed by atoms with Crippen LogP contribution in [-0.2, 0) is 18.5 Å². The predicted octanol–water partition coefficient (Wildman–Crippen LogP) is 9.41. The number of fused-ring (bicyclic) bond motifs is 1. The summed E-state index contributed by atoms with van der Waals surface area (Å²) in [5, 5.41) is 9.62. The Kier molecular flexibility index (Phi) is 8.07. The van der Waals surface area contributed by atoms with Crippen LogP contribution >= 0.6 is 0 Å². The molecular formula is C38H41N3O2. The van der Waals surface area contributed by atoms with E-state index < -0.39 is 5.97 Å². The minimum absolute atomic E-state index is 0.126. The van der Waals surface area contributed by atoms with E-state index in [1.54, 1.807) is 12.1 Å². The number of nitrogens with zero attached hydrogens (tertiary/aromatic N) is 3. The number of para-hydroxylation sites is 1. The number of rotatable bonds is 8. The van der Waals surface area contributed by atoms with Gasteiger partial charge in [-0.1, -0.05) is 101 Å². The summed E-state index contributed by atoms with van der Waals surface area (Å²) in [4.78, 5) is 19.2. The molecule has 0 radical (unpaired) electrons. The summed E-state index contributed by atoms with van der Waals surface area (Å²) in [6.07, 6.45) is 5.92. The molecule has 0 spiro atoms. The van der Waals surface area contributed by atoms with Crippen LogP contribution in [0.2, 0.25) is 0 Å². The molecule has 0 aliphatic heterocycles. The number of benzene rings is 4. The lowest BCUT2D eigenvalue weighted by atomic mass is 9.87. The van der Waals surface area contributed by atoms with Gasteiger partial charge in [-0.3, -0.25) is 0 Å². The van der Waals surface area contributed by atoms with Crippen molar-refractivity contribution in [2.24, 2.45) is 0 Å². The number of imidazole rings is 1. The maximum atomic E-state index is 11.7. The summed E-state index contributed by atoms with van der Waals surface area (Å²) in [7, 11) is 0. The van der Waals surface area contributed by atoms with Crippen molar-refractivity contribution in [2.75, 3.05) is 4.90 Å². The van der Waals surface area contributed by atoms with Gasteiger partial charge in [-0.05, 0) is 71.3 Å². The number of hydrogen-bond donors (Lipinski definition) is 1. The number of hydrogen-bond acceptors (Lipinski definition) is 3. The molecule has 1 aliphatic carbocycles. The molecule has 0 amide bonds. The Morgan fingerprint density at radius 3 is 2.26 bits per heavy atom. The molecule has 0 saturated heterocycles. The van der Waals surface area contributed by atoms with Gasteiger partial charge in [-0.15, -0.1) is 0 Å². The molecule has 1 heterocycles. The third kappa shape index (κ3) is 6.36. The molecule has 1 N–H and O–H groups in total. The van der Waals surface area contributed by atoms with E-state index in [-0.39, 0.29) is 11.0 Å². The van der Waals surface area contributed by atoms with Gasteiger partial charge in [0.1, 0.15) is 5.82 Å². The average molecular weight is 572 g/mol. The van der Waals surface area contributed by atoms with Crippen molar-refractivity contribution < 1.29 is 9.90 Å². The number of aromatic carboxylic acids is 1. The molecule has 1 fully saturated rings. The minimum Gasteiger partial charge on any atom is -0.478 e. The molecular weight excluding hydrogens is 530 g/mol. The molecule has 5 nitrogen and oxygen atoms in total. The Balaban J connectivity index is 1.35. The van der Waals surface area contributed by atoms with Crippen molar-refractivity contribution in [3.8, 4) is 11.4 Å². The second kappa shape index (κ2) is 12.1. The topological polar surface area (TPSA) is 58.4 Å². The SMILES string of the molecule is CC(C)(C)c1ccc(CN(Cc2cccc(-c3nc4cc(C(=O)O)ccc4n3C3CCCCC3)c2)c2ccccc2)cc1. The van der Waals surface area contributed by atoms with Gasteiger partial charge in [0.05, 0.1) is 16.6 Å². The minimum atomic E-state index is -0.924. The molecule has 0 atom stereocenters. The Hall–Kier alpha value is -4.38. The van der Waals surface area contributed by atoms with E-state index >= 15 is 0 Å². The van der Waals surface area contributed by atoms with E-state index in [2.05, 4.69) is 109 Å². The summed E-state index contributed by atoms with van der Waals surface area (Å²) in [5.74, 6) is 0.00188. The van der Waals surface area contributed by atoms with Crippen LogP contribution in [-0.4, -0.2) is 20.6 Å². The highest BCUT2D eigenvalue weighted by Crippen LogP contribution is 2.36. The van der Waals surface area contributed by atoms with E-state index in [0.29, 0.717) is 6.04 Å². The number of anilines is 1. The maximum absolute atomic E-state index is 11.7. The largest absolute Gasteiger partial charge is 0.478 e. The van der Waals surface area contributed by atoms with Crippen molar-refractivity contribution in [1.29, 1.82) is 0 Å². The monoisotopic (exact) mass is 571 g/mol. The van der Waals surface area contributed by atoms with Crippen LogP contribution in [0.5, 0.6) is 0 Å². The third-order valence-electron chi connectivity index (χ3n) is 8.75. The van der Waals surface area contributed by atoms with Gasteiger partial charge in [0.2, 0.25) is 0 Å². The van der Waals surface area contributed by atoms with E-state index in [0.717, 1.165) is 48.4 Å². The van der Waals surface area contributed by atoms with E-state index in [1.165, 1.54) is 41.6 Å². The van der Waals surface area contributed by atoms with Crippen LogP contribution in [0, 0.1) is 0 Å². The fraction of sp³-hybridized carbons (Fsp3) is 0.316. The Morgan fingerprint density at radius 1 is 0.837 bits per heavy atom. The first-order valence-corrected chi connectivity index (χ1v) is 15.5. The van der Waals surface area contributed by atoms with Gasteiger partial charge in [0.25, 0.3) is 0 Å². The van der Waals surface area contributed by atoms with Crippen molar-refractivity contribution in [2.45, 2.75) is 77.4 Å². The fourth-order valence-electron chi connectivity index (χ4n) is 6.38. The quantitative estimate of drug-likeness (QED) is 0.202. The molecule has 1 aromatic heterocycles. The summed E-state index contributed by atoms with van der Waals surface area (Å²) in [5.41, 5.74) is 8.24. The highest BCUT2D eigenvalue weighted by atomic mass is 16.4. The van der Waals surface area contributed by atoms with Crippen molar-refractivity contribution in [1.82, 2.24) is 9.55 Å². The Labute approximate surface area is 254 Å². The van der Waals surface area contributed by atoms with Crippen LogP contribution in [0.1, 0.15) is 86.0 Å². The molecule has 5 aromatic rings. The molecule has 1 saturated carbocycles. The molecule has 0 bridgehead atoms. The number of aromatic nitrogens is 2. The zero-order valence-electron chi connectivity index (χ0n) is 25.5. The van der Waals surface area contributed by atoms with E-state index in [1.807, 2.05) is 6.07 Å². The molecule has 220 valence electrons. The number of carboxylic acid groups (broad SMARTS) is 1. The van der Waals surface area contributed by atoms with Gasteiger partial charge in [0, 0.05) is 30.4 Å². The first-order chi connectivity index (χ1) is 20.8. The molecule has 1 aliphatic rings. The molecule has 4 aromatic carbocycles. The first kappa shape index (κ1) is 28.7. The summed E-state index contributed by atoms with van der Waals surface area (Å²) < 4.78 is 2.38. The highest BCUT2D eigenvalue weighted by molar-refractivity contribution is 5.93. The molecule has 43 heavy (non-hydrogen) atoms. The number of carbonyl (C=O) groups is 1. The van der Waals surface area contributed by atoms with E-state index in [4.69, 9.17) is 4.98 Å². The lowest BCUT2D eigenvalue weighted by Crippen LogP contribution is -2.22. The zero-order chi connectivity index (χ0) is 30.0. The lowest BCUT2D eigenvalue weighted by molar-refractivity contribution is 0.0697. The average Bonchev–Trinajstić information content (AvgIpc) is 3.41. The van der Waals surface area contributed by atoms with Gasteiger partial charge in [0.15, 0.2) is 0 Å². The van der Waals surface area contributed by atoms with Crippen LogP contribution in [0.15, 0.2) is 97.1 Å². The fourth-order valence-corrected chi connectivity index (χ4v) is 6.38. The van der Waals surface area contributed by atoms with Crippen molar-refractivity contribution in [3.05, 3.63) is 119 Å². The van der Waals surface area contributed by atoms with Crippen LogP contribution in [0.25, 0.3) is 22.4 Å². The summed E-state index contributed by atoms with van der Waals surface area (Å²) >= 11 is 0. The Morgan fingerprint density at radius 2 is 1.56 bits per heavy atom. The lowest BCUT2D eigenvalue weighted by Gasteiger charge is -2.27. The number of carboxylic acids is 1. The van der Waals surface area contributed by atoms with Crippen LogP contribution in [0.4, 0.5) is 5.69 Å². The maximum Gasteiger partial charge on any atom is 0.335 e. The third-order valence-corrected chi connectivity index (χ3v) is 8.75. The normalized spacial score (nSPS) is 14.2. The van der Waals surface area contributed by atoms with Gasteiger partial charge >= 0.3 is 5.97 Å². The zero-order valence-corrected chi connectivity index (χ0v) is 25.5. The van der Waals surface area contributed by atoms with Gasteiger partial charge < -0.3 is 14.6 Å². The molecule has 0 unspecified atom stereocenters. The second-order valence-electron chi connectivity index (χ2n) is 12.9. The molecule has 6 rings (SSSR count). The second-order valence-corrected chi connectivity index (χ2v) is 12.9. The van der Waals surface area contributed by atoms with Crippen molar-refractivity contribution in [3.63, 3.8) is 0 Å². The smallest absolute Gasteiger partial charge is 0.335 e. The highest BCUT2D eigenvalue weighted by Gasteiger charge is 2.23. The predicted molar refractivity (Wildman–Crippen MR) is 176 cm³/mol. The van der Waals surface area contributed by atoms with Crippen LogP contribution < -0.4 is 4.90 Å². The summed E-state index contributed by atoms with van der Waals surface area (Å²) in [6, 6.07) is 34.1. The Bertz CT molecular complexity index is 1710. The summed E-state index contributed by atoms with van der Waals surface area (Å²) in [6.45, 7) is 8.31. The standard InChI is InChI=1S/C38H41N3O2/c1-38(2,3)31-20-17-27(18-21-31)25-40(32-13-6-4-7-14-32)26-28-11-10-12-29(23-28)36-39-34-24-30(37(42)43)19-22-35(34)41(36)33-15-8-5-9-16-33/h4,6-7,10-14,17-24,33H,5,8-9,15-16,25-26H2,1-3H3,(H,42,43). The van der Waals surface area contributed by atoms with Crippen molar-refractivity contribution >= 4 is 22.7 Å². The van der Waals surface area contributed by atoms with Gasteiger partial charge in [-0.25, -0.2) is 9.78 Å². The molecule has 5 heteroatoms. The first-order valence-electron chi connectivity index (χ1n) is 15.5. The van der Waals surface area contributed by atoms with Gasteiger partial charge in [-0.2, -0.15) is 0 Å².